The molecule has 2 aliphatic rings. The molecular weight excluding hydrogens is 414 g/mol. The van der Waals surface area contributed by atoms with Crippen LogP contribution in [-0.4, -0.2) is 39.9 Å². The Kier molecular flexibility index (Phi) is 6.69. The van der Waals surface area contributed by atoms with Crippen molar-refractivity contribution in [2.24, 2.45) is 11.8 Å². The van der Waals surface area contributed by atoms with Crippen LogP contribution >= 0.6 is 11.6 Å². The molecule has 1 saturated heterocycles. The Morgan fingerprint density at radius 2 is 2.16 bits per heavy atom. The first-order valence-electron chi connectivity index (χ1n) is 10.6. The Bertz CT molecular complexity index is 964. The van der Waals surface area contributed by atoms with E-state index in [2.05, 4.69) is 26.7 Å². The largest absolute Gasteiger partial charge is 0.370 e. The van der Waals surface area contributed by atoms with Crippen molar-refractivity contribution in [2.45, 2.75) is 50.3 Å². The second kappa shape index (κ2) is 9.63. The van der Waals surface area contributed by atoms with Crippen molar-refractivity contribution in [3.63, 3.8) is 0 Å². The number of nitrogens with one attached hydrogen (secondary N) is 2. The number of halogens is 1. The molecule has 31 heavy (non-hydrogen) atoms. The smallest absolute Gasteiger partial charge is 0.225 e. The van der Waals surface area contributed by atoms with Gasteiger partial charge in [-0.3, -0.25) is 9.78 Å². The van der Waals surface area contributed by atoms with E-state index >= 15 is 0 Å². The summed E-state index contributed by atoms with van der Waals surface area (Å²) in [4.78, 5) is 21.4. The van der Waals surface area contributed by atoms with Crippen LogP contribution in [-0.2, 0) is 16.1 Å². The van der Waals surface area contributed by atoms with Gasteiger partial charge in [0, 0.05) is 18.8 Å². The fourth-order valence-corrected chi connectivity index (χ4v) is 4.84. The number of fused-ring (bicyclic) bond motifs is 1. The number of pyridine rings is 2. The van der Waals surface area contributed by atoms with Gasteiger partial charge in [0.05, 0.1) is 41.0 Å². The summed E-state index contributed by atoms with van der Waals surface area (Å²) < 4.78 is 6.04. The minimum absolute atomic E-state index is 0.0515. The number of nitriles is 1. The lowest BCUT2D eigenvalue weighted by Crippen LogP contribution is -2.56. The summed E-state index contributed by atoms with van der Waals surface area (Å²) in [5.41, 5.74) is 2.10. The maximum absolute atomic E-state index is 12.7. The van der Waals surface area contributed by atoms with Crippen molar-refractivity contribution in [2.75, 3.05) is 11.9 Å². The molecular formula is C23H26ClN5O2. The minimum Gasteiger partial charge on any atom is -0.370 e. The fourth-order valence-electron chi connectivity index (χ4n) is 4.44. The third-order valence-electron chi connectivity index (χ3n) is 6.18. The van der Waals surface area contributed by atoms with Crippen molar-refractivity contribution in [3.05, 3.63) is 53.5 Å². The first-order chi connectivity index (χ1) is 15.0. The third kappa shape index (κ3) is 5.15. The van der Waals surface area contributed by atoms with Crippen LogP contribution in [0.2, 0.25) is 0 Å². The number of hydrogen-bond donors (Lipinski definition) is 2. The van der Waals surface area contributed by atoms with Crippen LogP contribution in [0.15, 0.2) is 36.5 Å². The predicted octanol–water partition coefficient (Wildman–Crippen LogP) is 3.18. The van der Waals surface area contributed by atoms with Crippen molar-refractivity contribution in [1.82, 2.24) is 15.3 Å². The van der Waals surface area contributed by atoms with Crippen LogP contribution in [0.4, 0.5) is 5.82 Å². The SMILES string of the molecule is Cc1nc(NCC2CC3CC(Cl)C(OCc4ccccn4)CC3NC2=O)ccc1C#N. The number of carbonyl (C=O) groups is 1. The maximum Gasteiger partial charge on any atom is 0.225 e. The average Bonchev–Trinajstić information content (AvgIpc) is 2.77. The van der Waals surface area contributed by atoms with Gasteiger partial charge in [-0.15, -0.1) is 11.6 Å². The number of nitrogens with zero attached hydrogens (tertiary/aromatic N) is 3. The third-order valence-corrected chi connectivity index (χ3v) is 6.64. The number of aromatic nitrogens is 2. The van der Waals surface area contributed by atoms with Gasteiger partial charge in [-0.05, 0) is 56.4 Å². The van der Waals surface area contributed by atoms with Crippen molar-refractivity contribution >= 4 is 23.3 Å². The van der Waals surface area contributed by atoms with Gasteiger partial charge < -0.3 is 15.4 Å². The maximum atomic E-state index is 12.7. The highest BCUT2D eigenvalue weighted by molar-refractivity contribution is 6.21. The van der Waals surface area contributed by atoms with Crippen LogP contribution < -0.4 is 10.6 Å². The van der Waals surface area contributed by atoms with E-state index in [4.69, 9.17) is 21.6 Å². The van der Waals surface area contributed by atoms with Gasteiger partial charge in [0.15, 0.2) is 0 Å². The normalized spacial score (nSPS) is 27.6. The number of carbonyl (C=O) groups excluding carboxylic acids is 1. The summed E-state index contributed by atoms with van der Waals surface area (Å²) in [5.74, 6) is 0.912. The summed E-state index contributed by atoms with van der Waals surface area (Å²) in [6.45, 7) is 2.72. The van der Waals surface area contributed by atoms with E-state index in [-0.39, 0.29) is 29.3 Å². The first-order valence-corrected chi connectivity index (χ1v) is 11.0. The highest BCUT2D eigenvalue weighted by Gasteiger charge is 2.43. The second-order valence-corrected chi connectivity index (χ2v) is 8.85. The number of aryl methyl sites for hydroxylation is 1. The van der Waals surface area contributed by atoms with Gasteiger partial charge >= 0.3 is 0 Å². The molecule has 5 atom stereocenters. The number of hydrogen-bond acceptors (Lipinski definition) is 6. The number of amides is 1. The van der Waals surface area contributed by atoms with Crippen LogP contribution in [0.25, 0.3) is 0 Å². The monoisotopic (exact) mass is 439 g/mol. The zero-order valence-electron chi connectivity index (χ0n) is 17.4. The summed E-state index contributed by atoms with van der Waals surface area (Å²) in [5, 5.41) is 15.4. The van der Waals surface area contributed by atoms with Crippen molar-refractivity contribution < 1.29 is 9.53 Å². The molecule has 4 rings (SSSR count). The highest BCUT2D eigenvalue weighted by atomic mass is 35.5. The van der Waals surface area contributed by atoms with Crippen LogP contribution in [0, 0.1) is 30.1 Å². The topological polar surface area (TPSA) is 99.9 Å². The van der Waals surface area contributed by atoms with Crippen LogP contribution in [0.5, 0.6) is 0 Å². The fraction of sp³-hybridized carbons (Fsp3) is 0.478. The molecule has 3 heterocycles. The van der Waals surface area contributed by atoms with Gasteiger partial charge in [0.2, 0.25) is 5.91 Å². The molecule has 2 aromatic rings. The molecule has 2 aromatic heterocycles. The molecule has 5 unspecified atom stereocenters. The molecule has 2 N–H and O–H groups in total. The van der Waals surface area contributed by atoms with Gasteiger partial charge in [0.25, 0.3) is 0 Å². The second-order valence-electron chi connectivity index (χ2n) is 8.29. The molecule has 0 radical (unpaired) electrons. The lowest BCUT2D eigenvalue weighted by atomic mass is 9.74. The van der Waals surface area contributed by atoms with E-state index in [0.717, 1.165) is 18.5 Å². The first kappa shape index (κ1) is 21.5. The lowest BCUT2D eigenvalue weighted by Gasteiger charge is -2.44. The molecule has 1 amide bonds. The molecule has 0 bridgehead atoms. The van der Waals surface area contributed by atoms with E-state index in [1.165, 1.54) is 0 Å². The van der Waals surface area contributed by atoms with Crippen molar-refractivity contribution in [3.8, 4) is 6.07 Å². The van der Waals surface area contributed by atoms with Gasteiger partial charge in [-0.1, -0.05) is 6.07 Å². The molecule has 162 valence electrons. The Morgan fingerprint density at radius 1 is 1.29 bits per heavy atom. The van der Waals surface area contributed by atoms with E-state index in [9.17, 15) is 4.79 Å². The molecule has 1 aliphatic heterocycles. The minimum atomic E-state index is -0.145. The Morgan fingerprint density at radius 3 is 2.90 bits per heavy atom. The van der Waals surface area contributed by atoms with Gasteiger partial charge in [-0.2, -0.15) is 5.26 Å². The van der Waals surface area contributed by atoms with Crippen molar-refractivity contribution in [1.29, 1.82) is 5.26 Å². The van der Waals surface area contributed by atoms with Crippen LogP contribution in [0.3, 0.4) is 0 Å². The highest BCUT2D eigenvalue weighted by Crippen LogP contribution is 2.37. The Labute approximate surface area is 187 Å². The Balaban J connectivity index is 1.31. The van der Waals surface area contributed by atoms with Gasteiger partial charge in [-0.25, -0.2) is 4.98 Å². The number of rotatable bonds is 6. The number of alkyl halides is 1. The van der Waals surface area contributed by atoms with E-state index in [1.54, 1.807) is 25.3 Å². The zero-order chi connectivity index (χ0) is 21.8. The molecule has 2 fully saturated rings. The summed E-state index contributed by atoms with van der Waals surface area (Å²) in [6.07, 6.45) is 3.95. The molecule has 1 saturated carbocycles. The molecule has 1 aliphatic carbocycles. The molecule has 8 heteroatoms. The molecule has 0 spiro atoms. The number of piperidine rings is 1. The standard InChI is InChI=1S/C23H26ClN5O2/c1-14-15(11-25)5-6-22(28-14)27-12-17-8-16-9-19(24)21(10-20(16)29-23(17)30)31-13-18-4-2-3-7-26-18/h2-7,16-17,19-21H,8-10,12-13H2,1H3,(H,27,28)(H,29,30). The van der Waals surface area contributed by atoms with E-state index in [0.29, 0.717) is 42.6 Å². The van der Waals surface area contributed by atoms with E-state index < -0.39 is 0 Å². The van der Waals surface area contributed by atoms with E-state index in [1.807, 2.05) is 18.2 Å². The summed E-state index contributed by atoms with van der Waals surface area (Å²) in [6, 6.07) is 11.5. The number of ether oxygens (including phenoxy) is 1. The average molecular weight is 440 g/mol. The Hall–Kier alpha value is -2.69. The number of anilines is 1. The molecule has 0 aromatic carbocycles. The quantitative estimate of drug-likeness (QED) is 0.670. The summed E-state index contributed by atoms with van der Waals surface area (Å²) >= 11 is 6.66. The molecule has 7 nitrogen and oxygen atoms in total. The van der Waals surface area contributed by atoms with Gasteiger partial charge in [0.1, 0.15) is 11.9 Å². The zero-order valence-corrected chi connectivity index (χ0v) is 18.2. The lowest BCUT2D eigenvalue weighted by molar-refractivity contribution is -0.130. The predicted molar refractivity (Wildman–Crippen MR) is 117 cm³/mol. The summed E-state index contributed by atoms with van der Waals surface area (Å²) in [7, 11) is 0. The van der Waals surface area contributed by atoms with Crippen LogP contribution in [0.1, 0.15) is 36.2 Å².